The molecule has 3 rings (SSSR count). The smallest absolute Gasteiger partial charge is 0.412 e. The number of rotatable bonds is 12. The molecule has 38 heavy (non-hydrogen) atoms. The molecule has 0 saturated carbocycles. The highest BCUT2D eigenvalue weighted by atomic mass is 79.9. The molecular weight excluding hydrogens is 554 g/mol. The standard InChI is InChI=1S/C28H30BrN3O6/c1-2-36-25(14-15-26(34)32-24-9-4-3-8-23(24)30)27(19-6-5-7-22(18-19)37-17-16-33)38-28(35)31-21-12-10-20(29)11-13-21/h3-15,18,25,27,33H,2,16-17,30H2,1H3,(H,31,35)(H,32,34)/b15-14+/t25-,27-/m1/s1. The molecule has 0 radical (unpaired) electrons. The Labute approximate surface area is 229 Å². The first-order valence-electron chi connectivity index (χ1n) is 11.9. The maximum absolute atomic E-state index is 12.9. The van der Waals surface area contributed by atoms with E-state index in [1.54, 1.807) is 79.7 Å². The van der Waals surface area contributed by atoms with Crippen LogP contribution in [0, 0.1) is 0 Å². The Morgan fingerprint density at radius 2 is 1.82 bits per heavy atom. The molecule has 0 aliphatic rings. The Bertz CT molecular complexity index is 1240. The molecule has 0 aliphatic heterocycles. The van der Waals surface area contributed by atoms with E-state index in [4.69, 9.17) is 25.1 Å². The van der Waals surface area contributed by atoms with E-state index in [1.165, 1.54) is 12.2 Å². The van der Waals surface area contributed by atoms with Gasteiger partial charge in [-0.2, -0.15) is 0 Å². The molecule has 9 nitrogen and oxygen atoms in total. The number of para-hydroxylation sites is 2. The van der Waals surface area contributed by atoms with Crippen molar-refractivity contribution in [2.45, 2.75) is 19.1 Å². The summed E-state index contributed by atoms with van der Waals surface area (Å²) in [6.07, 6.45) is 0.369. The molecule has 10 heteroatoms. The number of ether oxygens (including phenoxy) is 3. The number of nitrogens with two attached hydrogens (primary N) is 1. The summed E-state index contributed by atoms with van der Waals surface area (Å²) in [5.74, 6) is 0.0562. The predicted octanol–water partition coefficient (Wildman–Crippen LogP) is 5.29. The zero-order valence-electron chi connectivity index (χ0n) is 20.8. The average Bonchev–Trinajstić information content (AvgIpc) is 2.91. The number of nitrogen functional groups attached to an aromatic ring is 1. The number of hydrogen-bond acceptors (Lipinski definition) is 7. The zero-order chi connectivity index (χ0) is 27.3. The number of hydrogen-bond donors (Lipinski definition) is 4. The second kappa shape index (κ2) is 14.8. The molecule has 3 aromatic rings. The predicted molar refractivity (Wildman–Crippen MR) is 150 cm³/mol. The Morgan fingerprint density at radius 3 is 2.53 bits per heavy atom. The van der Waals surface area contributed by atoms with Crippen molar-refractivity contribution < 1.29 is 28.9 Å². The van der Waals surface area contributed by atoms with Crippen LogP contribution in [0.3, 0.4) is 0 Å². The lowest BCUT2D eigenvalue weighted by Crippen LogP contribution is -2.28. The number of aliphatic hydroxyl groups is 1. The van der Waals surface area contributed by atoms with Gasteiger partial charge >= 0.3 is 6.09 Å². The van der Waals surface area contributed by atoms with E-state index in [1.807, 2.05) is 0 Å². The fourth-order valence-corrected chi connectivity index (χ4v) is 3.73. The first kappa shape index (κ1) is 28.7. The zero-order valence-corrected chi connectivity index (χ0v) is 22.4. The minimum Gasteiger partial charge on any atom is -0.491 e. The van der Waals surface area contributed by atoms with Crippen LogP contribution >= 0.6 is 15.9 Å². The fraction of sp³-hybridized carbons (Fsp3) is 0.214. The lowest BCUT2D eigenvalue weighted by molar-refractivity contribution is -0.112. The maximum Gasteiger partial charge on any atom is 0.412 e. The summed E-state index contributed by atoms with van der Waals surface area (Å²) in [5, 5.41) is 14.5. The molecule has 0 spiro atoms. The first-order valence-corrected chi connectivity index (χ1v) is 12.7. The fourth-order valence-electron chi connectivity index (χ4n) is 3.47. The van der Waals surface area contributed by atoms with Crippen LogP contribution in [-0.4, -0.2) is 43.0 Å². The van der Waals surface area contributed by atoms with Crippen molar-refractivity contribution in [1.82, 2.24) is 0 Å². The minimum atomic E-state index is -0.936. The number of nitrogens with one attached hydrogen (secondary N) is 2. The van der Waals surface area contributed by atoms with Gasteiger partial charge in [-0.05, 0) is 67.1 Å². The van der Waals surface area contributed by atoms with Gasteiger partial charge in [-0.1, -0.05) is 40.2 Å². The largest absolute Gasteiger partial charge is 0.491 e. The van der Waals surface area contributed by atoms with Gasteiger partial charge in [0.2, 0.25) is 5.91 Å². The summed E-state index contributed by atoms with van der Waals surface area (Å²) in [7, 11) is 0. The monoisotopic (exact) mass is 583 g/mol. The highest BCUT2D eigenvalue weighted by Gasteiger charge is 2.27. The van der Waals surface area contributed by atoms with Gasteiger partial charge in [-0.15, -0.1) is 0 Å². The van der Waals surface area contributed by atoms with Crippen LogP contribution in [0.1, 0.15) is 18.6 Å². The highest BCUT2D eigenvalue weighted by Crippen LogP contribution is 2.29. The van der Waals surface area contributed by atoms with Gasteiger partial charge in [-0.25, -0.2) is 4.79 Å². The van der Waals surface area contributed by atoms with Crippen molar-refractivity contribution in [3.05, 3.63) is 95.0 Å². The normalized spacial score (nSPS) is 12.5. The highest BCUT2D eigenvalue weighted by molar-refractivity contribution is 9.10. The Balaban J connectivity index is 1.85. The number of anilines is 3. The quantitative estimate of drug-likeness (QED) is 0.168. The van der Waals surface area contributed by atoms with E-state index in [0.717, 1.165) is 4.47 Å². The summed E-state index contributed by atoms with van der Waals surface area (Å²) >= 11 is 3.36. The van der Waals surface area contributed by atoms with Crippen LogP contribution in [0.4, 0.5) is 21.9 Å². The van der Waals surface area contributed by atoms with E-state index in [2.05, 4.69) is 26.6 Å². The van der Waals surface area contributed by atoms with Crippen LogP contribution in [0.15, 0.2) is 89.4 Å². The molecule has 0 saturated heterocycles. The van der Waals surface area contributed by atoms with E-state index < -0.39 is 24.2 Å². The maximum atomic E-state index is 12.9. The minimum absolute atomic E-state index is 0.108. The third-order valence-electron chi connectivity index (χ3n) is 5.18. The Morgan fingerprint density at radius 1 is 1.05 bits per heavy atom. The molecule has 0 aromatic heterocycles. The topological polar surface area (TPSA) is 132 Å². The van der Waals surface area contributed by atoms with E-state index in [9.17, 15) is 9.59 Å². The lowest BCUT2D eigenvalue weighted by atomic mass is 10.0. The van der Waals surface area contributed by atoms with Gasteiger partial charge < -0.3 is 30.4 Å². The molecule has 3 aromatic carbocycles. The van der Waals surface area contributed by atoms with Crippen molar-refractivity contribution >= 4 is 45.0 Å². The summed E-state index contributed by atoms with van der Waals surface area (Å²) in [6, 6.07) is 20.9. The molecule has 0 fully saturated rings. The van der Waals surface area contributed by atoms with Gasteiger partial charge in [0, 0.05) is 22.8 Å². The van der Waals surface area contributed by atoms with E-state index in [-0.39, 0.29) is 19.8 Å². The van der Waals surface area contributed by atoms with Gasteiger partial charge in [0.05, 0.1) is 18.0 Å². The average molecular weight is 584 g/mol. The third-order valence-corrected chi connectivity index (χ3v) is 5.71. The van der Waals surface area contributed by atoms with Crippen molar-refractivity contribution in [3.8, 4) is 5.75 Å². The SMILES string of the molecule is CCO[C@H](/C=C/C(=O)Nc1ccccc1N)[C@H](OC(=O)Nc1ccc(Br)cc1)c1cccc(OCCO)c1. The number of carbonyl (C=O) groups excluding carboxylic acids is 2. The van der Waals surface area contributed by atoms with Crippen LogP contribution in [0.5, 0.6) is 5.75 Å². The van der Waals surface area contributed by atoms with Gasteiger partial charge in [0.15, 0.2) is 6.10 Å². The van der Waals surface area contributed by atoms with Crippen molar-refractivity contribution in [3.63, 3.8) is 0 Å². The van der Waals surface area contributed by atoms with Crippen molar-refractivity contribution in [2.24, 2.45) is 0 Å². The summed E-state index contributed by atoms with van der Waals surface area (Å²) in [5.41, 5.74) is 7.94. The van der Waals surface area contributed by atoms with E-state index >= 15 is 0 Å². The van der Waals surface area contributed by atoms with Crippen LogP contribution in [0.2, 0.25) is 0 Å². The molecular formula is C28H30BrN3O6. The number of aliphatic hydroxyl groups excluding tert-OH is 1. The first-order chi connectivity index (χ1) is 18.4. The summed E-state index contributed by atoms with van der Waals surface area (Å²) in [6.45, 7) is 2.05. The van der Waals surface area contributed by atoms with E-state index in [0.29, 0.717) is 28.4 Å². The van der Waals surface area contributed by atoms with Gasteiger partial charge in [0.25, 0.3) is 0 Å². The molecule has 200 valence electrons. The molecule has 0 aliphatic carbocycles. The third kappa shape index (κ3) is 8.91. The van der Waals surface area contributed by atoms with Crippen molar-refractivity contribution in [2.75, 3.05) is 36.2 Å². The number of halogens is 1. The van der Waals surface area contributed by atoms with Crippen molar-refractivity contribution in [1.29, 1.82) is 0 Å². The molecule has 2 amide bonds. The Hall–Kier alpha value is -3.86. The summed E-state index contributed by atoms with van der Waals surface area (Å²) < 4.78 is 18.1. The van der Waals surface area contributed by atoms with Gasteiger partial charge in [-0.3, -0.25) is 10.1 Å². The molecule has 0 bridgehead atoms. The van der Waals surface area contributed by atoms with Crippen LogP contribution < -0.4 is 21.1 Å². The Kier molecular flexibility index (Phi) is 11.2. The van der Waals surface area contributed by atoms with Crippen LogP contribution in [-0.2, 0) is 14.3 Å². The molecule has 0 heterocycles. The number of benzene rings is 3. The lowest BCUT2D eigenvalue weighted by Gasteiger charge is -2.25. The second-order valence-electron chi connectivity index (χ2n) is 7.96. The molecule has 5 N–H and O–H groups in total. The van der Waals surface area contributed by atoms with Gasteiger partial charge in [0.1, 0.15) is 18.5 Å². The molecule has 0 unspecified atom stereocenters. The second-order valence-corrected chi connectivity index (χ2v) is 8.87. The van der Waals surface area contributed by atoms with Crippen LogP contribution in [0.25, 0.3) is 0 Å². The number of amides is 2. The number of carbonyl (C=O) groups is 2. The summed E-state index contributed by atoms with van der Waals surface area (Å²) in [4.78, 5) is 25.5. The molecule has 2 atom stereocenters.